The van der Waals surface area contributed by atoms with Crippen LogP contribution < -0.4 is 5.73 Å². The molecule has 0 aliphatic rings. The fourth-order valence-electron chi connectivity index (χ4n) is 3.14. The van der Waals surface area contributed by atoms with Gasteiger partial charge < -0.3 is 5.73 Å². The van der Waals surface area contributed by atoms with Gasteiger partial charge in [-0.15, -0.1) is 0 Å². The number of hydrogen-bond acceptors (Lipinski definition) is 1. The van der Waals surface area contributed by atoms with Crippen LogP contribution in [0.1, 0.15) is 49.3 Å². The van der Waals surface area contributed by atoms with Crippen LogP contribution in [0.5, 0.6) is 0 Å². The zero-order valence-electron chi connectivity index (χ0n) is 16.4. The summed E-state index contributed by atoms with van der Waals surface area (Å²) < 4.78 is 0. The van der Waals surface area contributed by atoms with Crippen molar-refractivity contribution in [2.24, 2.45) is 5.92 Å². The van der Waals surface area contributed by atoms with Gasteiger partial charge in [0, 0.05) is 5.69 Å². The van der Waals surface area contributed by atoms with Gasteiger partial charge >= 0.3 is 0 Å². The maximum atomic E-state index is 5.74. The minimum absolute atomic E-state index is 0.702. The molecule has 2 rings (SSSR count). The number of rotatable bonds is 10. The van der Waals surface area contributed by atoms with Crippen LogP contribution in [0.25, 0.3) is 0 Å². The van der Waals surface area contributed by atoms with Gasteiger partial charge in [-0.1, -0.05) is 73.2 Å². The highest BCUT2D eigenvalue weighted by atomic mass is 14.5. The zero-order valence-corrected chi connectivity index (χ0v) is 16.4. The monoisotopic (exact) mass is 347 g/mol. The topological polar surface area (TPSA) is 26.0 Å². The first-order valence-corrected chi connectivity index (χ1v) is 9.65. The Labute approximate surface area is 159 Å². The first-order valence-electron chi connectivity index (χ1n) is 9.65. The molecule has 2 aromatic rings. The quantitative estimate of drug-likeness (QED) is 0.377. The Morgan fingerprint density at radius 3 is 1.69 bits per heavy atom. The molecule has 0 aromatic heterocycles. The standard InChI is InChI=1S/C25H33N/c1-19(5-7-21(3)17-23-11-9-20(2)10-12-23)6-8-22(4)18-24-13-15-25(26)16-14-24/h9-16,19H,3-8,17-18,26H2,1-2H3. The Hall–Kier alpha value is -2.28. The van der Waals surface area contributed by atoms with Crippen molar-refractivity contribution in [3.8, 4) is 0 Å². The van der Waals surface area contributed by atoms with Crippen LogP contribution in [0.4, 0.5) is 5.69 Å². The highest BCUT2D eigenvalue weighted by molar-refractivity contribution is 5.40. The summed E-state index contributed by atoms with van der Waals surface area (Å²) >= 11 is 0. The van der Waals surface area contributed by atoms with Gasteiger partial charge in [0.05, 0.1) is 0 Å². The van der Waals surface area contributed by atoms with Crippen molar-refractivity contribution < 1.29 is 0 Å². The summed E-state index contributed by atoms with van der Waals surface area (Å²) in [5, 5.41) is 0. The van der Waals surface area contributed by atoms with Crippen molar-refractivity contribution in [1.29, 1.82) is 0 Å². The molecule has 138 valence electrons. The molecule has 0 fully saturated rings. The van der Waals surface area contributed by atoms with Gasteiger partial charge in [0.25, 0.3) is 0 Å². The van der Waals surface area contributed by atoms with E-state index in [0.717, 1.165) is 31.4 Å². The van der Waals surface area contributed by atoms with Crippen molar-refractivity contribution in [3.05, 3.63) is 89.5 Å². The average Bonchev–Trinajstić information content (AvgIpc) is 2.62. The van der Waals surface area contributed by atoms with Crippen molar-refractivity contribution in [2.75, 3.05) is 5.73 Å². The SMILES string of the molecule is C=C(CCC(C)CCC(=C)Cc1ccc(N)cc1)Cc1ccc(C)cc1. The van der Waals surface area contributed by atoms with E-state index in [-0.39, 0.29) is 0 Å². The van der Waals surface area contributed by atoms with Crippen LogP contribution in [0, 0.1) is 12.8 Å². The highest BCUT2D eigenvalue weighted by Crippen LogP contribution is 2.21. The molecule has 1 atom stereocenters. The number of aryl methyl sites for hydroxylation is 1. The van der Waals surface area contributed by atoms with E-state index in [1.54, 1.807) is 0 Å². The highest BCUT2D eigenvalue weighted by Gasteiger charge is 2.06. The molecule has 0 amide bonds. The number of anilines is 1. The van der Waals surface area contributed by atoms with Crippen LogP contribution in [0.2, 0.25) is 0 Å². The second kappa shape index (κ2) is 10.0. The van der Waals surface area contributed by atoms with Crippen LogP contribution >= 0.6 is 0 Å². The molecule has 26 heavy (non-hydrogen) atoms. The minimum atomic E-state index is 0.702. The summed E-state index contributed by atoms with van der Waals surface area (Å²) in [7, 11) is 0. The van der Waals surface area contributed by atoms with Crippen LogP contribution in [-0.4, -0.2) is 0 Å². The van der Waals surface area contributed by atoms with E-state index in [9.17, 15) is 0 Å². The van der Waals surface area contributed by atoms with E-state index in [1.807, 2.05) is 12.1 Å². The molecule has 0 saturated heterocycles. The maximum Gasteiger partial charge on any atom is 0.0314 e. The van der Waals surface area contributed by atoms with E-state index in [1.165, 1.54) is 40.7 Å². The molecule has 0 bridgehead atoms. The van der Waals surface area contributed by atoms with Gasteiger partial charge in [0.15, 0.2) is 0 Å². The van der Waals surface area contributed by atoms with E-state index in [2.05, 4.69) is 63.4 Å². The fraction of sp³-hybridized carbons (Fsp3) is 0.360. The van der Waals surface area contributed by atoms with Crippen molar-refractivity contribution in [2.45, 2.75) is 52.4 Å². The molecular weight excluding hydrogens is 314 g/mol. The Morgan fingerprint density at radius 2 is 1.23 bits per heavy atom. The molecule has 0 spiro atoms. The van der Waals surface area contributed by atoms with Gasteiger partial charge in [-0.25, -0.2) is 0 Å². The lowest BCUT2D eigenvalue weighted by atomic mass is 9.92. The zero-order chi connectivity index (χ0) is 18.9. The smallest absolute Gasteiger partial charge is 0.0314 e. The minimum Gasteiger partial charge on any atom is -0.399 e. The Kier molecular flexibility index (Phi) is 7.72. The van der Waals surface area contributed by atoms with E-state index in [4.69, 9.17) is 5.73 Å². The summed E-state index contributed by atoms with van der Waals surface area (Å²) in [5.74, 6) is 0.702. The molecule has 0 radical (unpaired) electrons. The van der Waals surface area contributed by atoms with Crippen LogP contribution in [0.3, 0.4) is 0 Å². The average molecular weight is 348 g/mol. The van der Waals surface area contributed by atoms with Crippen molar-refractivity contribution in [1.82, 2.24) is 0 Å². The number of nitrogen functional groups attached to an aromatic ring is 1. The third kappa shape index (κ3) is 7.31. The first kappa shape index (κ1) is 20.0. The lowest BCUT2D eigenvalue weighted by Gasteiger charge is -2.14. The van der Waals surface area contributed by atoms with Crippen molar-refractivity contribution in [3.63, 3.8) is 0 Å². The molecule has 2 aromatic carbocycles. The van der Waals surface area contributed by atoms with E-state index >= 15 is 0 Å². The Bertz CT molecular complexity index is 643. The predicted octanol–water partition coefficient (Wildman–Crippen LogP) is 6.67. The normalized spacial score (nSPS) is 11.9. The van der Waals surface area contributed by atoms with Gasteiger partial charge in [-0.2, -0.15) is 0 Å². The molecule has 0 aliphatic carbocycles. The van der Waals surface area contributed by atoms with Gasteiger partial charge in [0.1, 0.15) is 0 Å². The second-order valence-corrected chi connectivity index (χ2v) is 7.76. The lowest BCUT2D eigenvalue weighted by Crippen LogP contribution is -1.99. The number of benzene rings is 2. The molecule has 0 saturated carbocycles. The fourth-order valence-corrected chi connectivity index (χ4v) is 3.14. The first-order chi connectivity index (χ1) is 12.4. The predicted molar refractivity (Wildman–Crippen MR) is 115 cm³/mol. The molecule has 1 unspecified atom stereocenters. The number of allylic oxidation sites excluding steroid dienone is 2. The Balaban J connectivity index is 1.65. The molecule has 1 nitrogen and oxygen atoms in total. The Morgan fingerprint density at radius 1 is 0.808 bits per heavy atom. The maximum absolute atomic E-state index is 5.74. The van der Waals surface area contributed by atoms with E-state index in [0.29, 0.717) is 5.92 Å². The second-order valence-electron chi connectivity index (χ2n) is 7.76. The van der Waals surface area contributed by atoms with Crippen LogP contribution in [-0.2, 0) is 12.8 Å². The molecule has 0 aliphatic heterocycles. The summed E-state index contributed by atoms with van der Waals surface area (Å²) in [4.78, 5) is 0. The summed E-state index contributed by atoms with van der Waals surface area (Å²) in [6.45, 7) is 13.0. The van der Waals surface area contributed by atoms with Crippen molar-refractivity contribution >= 4 is 5.69 Å². The van der Waals surface area contributed by atoms with Gasteiger partial charge in [-0.05, 0) is 74.6 Å². The number of nitrogens with two attached hydrogens (primary N) is 1. The van der Waals surface area contributed by atoms with Gasteiger partial charge in [-0.3, -0.25) is 0 Å². The van der Waals surface area contributed by atoms with Gasteiger partial charge in [0.2, 0.25) is 0 Å². The third-order valence-electron chi connectivity index (χ3n) is 4.99. The molecule has 1 heteroatoms. The van der Waals surface area contributed by atoms with Crippen LogP contribution in [0.15, 0.2) is 72.8 Å². The summed E-state index contributed by atoms with van der Waals surface area (Å²) in [6, 6.07) is 16.9. The summed E-state index contributed by atoms with van der Waals surface area (Å²) in [6.07, 6.45) is 6.56. The molecule has 2 N–H and O–H groups in total. The summed E-state index contributed by atoms with van der Waals surface area (Å²) in [5.41, 5.74) is 13.2. The molecule has 0 heterocycles. The molecular formula is C25H33N. The number of hydrogen-bond donors (Lipinski definition) is 1. The van der Waals surface area contributed by atoms with E-state index < -0.39 is 0 Å². The largest absolute Gasteiger partial charge is 0.399 e. The lowest BCUT2D eigenvalue weighted by molar-refractivity contribution is 0.488. The third-order valence-corrected chi connectivity index (χ3v) is 4.99.